The number of hydrogen-bond donors (Lipinski definition) is 1. The summed E-state index contributed by atoms with van der Waals surface area (Å²) < 4.78 is 11.7. The summed E-state index contributed by atoms with van der Waals surface area (Å²) in [7, 11) is 1.54. The third kappa shape index (κ3) is 5.44. The predicted octanol–water partition coefficient (Wildman–Crippen LogP) is 3.35. The van der Waals surface area contributed by atoms with E-state index in [1.54, 1.807) is 62.6 Å². The number of hydrazone groups is 1. The molecule has 0 aliphatic heterocycles. The SMILES string of the molecule is COc1ccc(C(=O)Oc2ccc(/C=N/NC(=O)C(C)n3nc(C)c([N+](=O)[O-])c3C)cc2)cc1. The van der Waals surface area contributed by atoms with Crippen LogP contribution in [0.15, 0.2) is 53.6 Å². The Balaban J connectivity index is 1.57. The van der Waals surface area contributed by atoms with E-state index >= 15 is 0 Å². The number of carbonyl (C=O) groups excluding carboxylic acids is 2. The first-order valence-electron chi connectivity index (χ1n) is 10.2. The molecule has 1 unspecified atom stereocenters. The summed E-state index contributed by atoms with van der Waals surface area (Å²) in [6, 6.07) is 12.3. The van der Waals surface area contributed by atoms with Crippen LogP contribution in [-0.4, -0.2) is 39.9 Å². The molecule has 0 saturated carbocycles. The van der Waals surface area contributed by atoms with Crippen LogP contribution in [0, 0.1) is 24.0 Å². The Bertz CT molecular complexity index is 1230. The van der Waals surface area contributed by atoms with Crippen LogP contribution in [0.1, 0.15) is 40.3 Å². The Labute approximate surface area is 195 Å². The number of nitrogens with one attached hydrogen (secondary N) is 1. The molecule has 176 valence electrons. The van der Waals surface area contributed by atoms with Crippen molar-refractivity contribution in [3.8, 4) is 11.5 Å². The first-order chi connectivity index (χ1) is 16.2. The number of hydrogen-bond acceptors (Lipinski definition) is 8. The largest absolute Gasteiger partial charge is 0.497 e. The number of amides is 1. The monoisotopic (exact) mass is 465 g/mol. The second-order valence-electron chi connectivity index (χ2n) is 7.32. The molecule has 0 saturated heterocycles. The fraction of sp³-hybridized carbons (Fsp3) is 0.217. The zero-order valence-electron chi connectivity index (χ0n) is 19.0. The van der Waals surface area contributed by atoms with Crippen LogP contribution < -0.4 is 14.9 Å². The predicted molar refractivity (Wildman–Crippen MR) is 123 cm³/mol. The van der Waals surface area contributed by atoms with E-state index in [0.29, 0.717) is 22.6 Å². The molecule has 0 spiro atoms. The van der Waals surface area contributed by atoms with E-state index in [4.69, 9.17) is 9.47 Å². The molecule has 1 amide bonds. The summed E-state index contributed by atoms with van der Waals surface area (Å²) >= 11 is 0. The second kappa shape index (κ2) is 10.4. The average molecular weight is 465 g/mol. The standard InChI is InChI=1S/C23H23N5O6/c1-14-21(28(31)32)15(2)27(26-14)16(3)22(29)25-24-13-17-5-9-20(10-6-17)34-23(30)18-7-11-19(33-4)12-8-18/h5-13,16H,1-4H3,(H,25,29)/b24-13+. The van der Waals surface area contributed by atoms with Gasteiger partial charge in [0.25, 0.3) is 5.91 Å². The highest BCUT2D eigenvalue weighted by molar-refractivity contribution is 5.91. The van der Waals surface area contributed by atoms with Crippen molar-refractivity contribution in [2.45, 2.75) is 26.8 Å². The van der Waals surface area contributed by atoms with Crippen LogP contribution in [0.3, 0.4) is 0 Å². The molecule has 0 aliphatic carbocycles. The van der Waals surface area contributed by atoms with E-state index in [1.807, 2.05) is 0 Å². The number of esters is 1. The highest BCUT2D eigenvalue weighted by Crippen LogP contribution is 2.24. The van der Waals surface area contributed by atoms with Gasteiger partial charge in [0.05, 0.1) is 23.8 Å². The second-order valence-corrected chi connectivity index (χ2v) is 7.32. The van der Waals surface area contributed by atoms with Crippen LogP contribution in [0.4, 0.5) is 5.69 Å². The van der Waals surface area contributed by atoms with E-state index in [-0.39, 0.29) is 17.1 Å². The average Bonchev–Trinajstić information content (AvgIpc) is 3.13. The number of aromatic nitrogens is 2. The molecular formula is C23H23N5O6. The van der Waals surface area contributed by atoms with Gasteiger partial charge in [-0.25, -0.2) is 10.2 Å². The van der Waals surface area contributed by atoms with Crippen molar-refractivity contribution < 1.29 is 24.0 Å². The summed E-state index contributed by atoms with van der Waals surface area (Å²) in [6.07, 6.45) is 1.42. The lowest BCUT2D eigenvalue weighted by atomic mass is 10.2. The highest BCUT2D eigenvalue weighted by Gasteiger charge is 2.26. The number of benzene rings is 2. The summed E-state index contributed by atoms with van der Waals surface area (Å²) in [5, 5.41) is 19.2. The Kier molecular flexibility index (Phi) is 7.36. The van der Waals surface area contributed by atoms with Crippen LogP contribution in [0.5, 0.6) is 11.5 Å². The van der Waals surface area contributed by atoms with Crippen molar-refractivity contribution in [3.63, 3.8) is 0 Å². The molecule has 1 aromatic heterocycles. The fourth-order valence-corrected chi connectivity index (χ4v) is 3.19. The van der Waals surface area contributed by atoms with E-state index in [2.05, 4.69) is 15.6 Å². The van der Waals surface area contributed by atoms with Crippen molar-refractivity contribution in [1.29, 1.82) is 0 Å². The third-order valence-corrected chi connectivity index (χ3v) is 5.02. The minimum Gasteiger partial charge on any atom is -0.497 e. The maximum atomic E-state index is 12.4. The van der Waals surface area contributed by atoms with Gasteiger partial charge in [0.1, 0.15) is 28.9 Å². The number of aryl methyl sites for hydroxylation is 1. The molecule has 0 aliphatic rings. The molecule has 0 bridgehead atoms. The molecule has 2 aromatic carbocycles. The van der Waals surface area contributed by atoms with Gasteiger partial charge in [-0.3, -0.25) is 19.6 Å². The molecule has 11 nitrogen and oxygen atoms in total. The number of rotatable bonds is 8. The maximum absolute atomic E-state index is 12.4. The molecule has 1 N–H and O–H groups in total. The molecular weight excluding hydrogens is 442 g/mol. The van der Waals surface area contributed by atoms with Crippen LogP contribution in [0.25, 0.3) is 0 Å². The first kappa shape index (κ1) is 24.1. The maximum Gasteiger partial charge on any atom is 0.343 e. The van der Waals surface area contributed by atoms with Gasteiger partial charge in [-0.1, -0.05) is 0 Å². The lowest BCUT2D eigenvalue weighted by Gasteiger charge is -2.11. The smallest absolute Gasteiger partial charge is 0.343 e. The lowest BCUT2D eigenvalue weighted by Crippen LogP contribution is -2.28. The molecule has 1 heterocycles. The Morgan fingerprint density at radius 2 is 1.74 bits per heavy atom. The number of nitrogens with zero attached hydrogens (tertiary/aromatic N) is 4. The van der Waals surface area contributed by atoms with Gasteiger partial charge in [-0.15, -0.1) is 0 Å². The van der Waals surface area contributed by atoms with Gasteiger partial charge in [-0.2, -0.15) is 10.2 Å². The first-order valence-corrected chi connectivity index (χ1v) is 10.2. The molecule has 0 radical (unpaired) electrons. The molecule has 3 aromatic rings. The quantitative estimate of drug-likeness (QED) is 0.177. The van der Waals surface area contributed by atoms with Crippen LogP contribution in [0.2, 0.25) is 0 Å². The van der Waals surface area contributed by atoms with Gasteiger partial charge in [0, 0.05) is 0 Å². The summed E-state index contributed by atoms with van der Waals surface area (Å²) in [6.45, 7) is 4.62. The topological polar surface area (TPSA) is 138 Å². The molecule has 34 heavy (non-hydrogen) atoms. The van der Waals surface area contributed by atoms with Gasteiger partial charge in [0.2, 0.25) is 0 Å². The van der Waals surface area contributed by atoms with E-state index in [1.165, 1.54) is 24.7 Å². The van der Waals surface area contributed by atoms with Crippen LogP contribution in [-0.2, 0) is 4.79 Å². The van der Waals surface area contributed by atoms with Gasteiger partial charge in [-0.05, 0) is 74.9 Å². The zero-order valence-corrected chi connectivity index (χ0v) is 19.0. The number of carbonyl (C=O) groups is 2. The Morgan fingerprint density at radius 3 is 2.29 bits per heavy atom. The zero-order chi connectivity index (χ0) is 24.8. The van der Waals surface area contributed by atoms with Crippen molar-refractivity contribution >= 4 is 23.8 Å². The lowest BCUT2D eigenvalue weighted by molar-refractivity contribution is -0.386. The minimum atomic E-state index is -0.802. The van der Waals surface area contributed by atoms with Crippen molar-refractivity contribution in [2.75, 3.05) is 7.11 Å². The van der Waals surface area contributed by atoms with Gasteiger partial charge >= 0.3 is 11.7 Å². The summed E-state index contributed by atoms with van der Waals surface area (Å²) in [4.78, 5) is 35.3. The summed E-state index contributed by atoms with van der Waals surface area (Å²) in [5.41, 5.74) is 3.84. The Morgan fingerprint density at radius 1 is 1.12 bits per heavy atom. The molecule has 0 fully saturated rings. The van der Waals surface area contributed by atoms with Crippen molar-refractivity contribution in [3.05, 3.63) is 81.2 Å². The Hall–Kier alpha value is -4.54. The molecule has 3 rings (SSSR count). The number of nitro groups is 1. The normalized spacial score (nSPS) is 11.8. The van der Waals surface area contributed by atoms with E-state index in [0.717, 1.165) is 0 Å². The third-order valence-electron chi connectivity index (χ3n) is 5.02. The number of methoxy groups -OCH3 is 1. The van der Waals surface area contributed by atoms with E-state index in [9.17, 15) is 19.7 Å². The molecule has 1 atom stereocenters. The van der Waals surface area contributed by atoms with Crippen molar-refractivity contribution in [1.82, 2.24) is 15.2 Å². The van der Waals surface area contributed by atoms with Crippen LogP contribution >= 0.6 is 0 Å². The number of ether oxygens (including phenoxy) is 2. The van der Waals surface area contributed by atoms with Gasteiger partial charge < -0.3 is 9.47 Å². The molecule has 11 heteroatoms. The van der Waals surface area contributed by atoms with E-state index < -0.39 is 22.8 Å². The summed E-state index contributed by atoms with van der Waals surface area (Å²) in [5.74, 6) is -0.00361. The van der Waals surface area contributed by atoms with Gasteiger partial charge in [0.15, 0.2) is 0 Å². The highest BCUT2D eigenvalue weighted by atomic mass is 16.6. The van der Waals surface area contributed by atoms with Crippen molar-refractivity contribution in [2.24, 2.45) is 5.10 Å². The minimum absolute atomic E-state index is 0.115. The fourth-order valence-electron chi connectivity index (χ4n) is 3.19.